The lowest BCUT2D eigenvalue weighted by molar-refractivity contribution is 0.0701. The molecule has 1 aromatic carbocycles. The highest BCUT2D eigenvalue weighted by atomic mass is 32.1. The van der Waals surface area contributed by atoms with E-state index in [1.807, 2.05) is 0 Å². The molecule has 0 aliphatic rings. The monoisotopic (exact) mass is 267 g/mol. The van der Waals surface area contributed by atoms with Gasteiger partial charge >= 0.3 is 10.8 Å². The third-order valence-corrected chi connectivity index (χ3v) is 3.69. The lowest BCUT2D eigenvalue weighted by atomic mass is 10.2. The fourth-order valence-corrected chi connectivity index (χ4v) is 2.49. The molecule has 0 atom stereocenters. The molecular weight excluding hydrogens is 257 g/mol. The molecule has 0 saturated heterocycles. The van der Waals surface area contributed by atoms with Gasteiger partial charge in [0, 0.05) is 11.3 Å². The van der Waals surface area contributed by atoms with Crippen LogP contribution < -0.4 is 4.87 Å². The number of carboxylic acid groups (broad SMARTS) is 1. The Hall–Kier alpha value is -1.95. The molecule has 1 N–H and O–H groups in total. The maximum atomic E-state index is 13.5. The van der Waals surface area contributed by atoms with E-state index in [-0.39, 0.29) is 11.4 Å². The molecule has 1 heterocycles. The number of hydrogen-bond donors (Lipinski definition) is 1. The van der Waals surface area contributed by atoms with E-state index in [4.69, 9.17) is 5.11 Å². The molecule has 0 saturated carbocycles. The Labute approximate surface area is 106 Å². The smallest absolute Gasteiger partial charge is 0.347 e. The Bertz CT molecular complexity index is 660. The average molecular weight is 267 g/mol. The number of carboxylic acids is 1. The molecule has 0 aliphatic heterocycles. The third kappa shape index (κ3) is 2.19. The van der Waals surface area contributed by atoms with Gasteiger partial charge in [-0.3, -0.25) is 9.36 Å². The Balaban J connectivity index is 2.45. The molecule has 4 nitrogen and oxygen atoms in total. The van der Waals surface area contributed by atoms with Gasteiger partial charge in [-0.05, 0) is 13.0 Å². The number of thiazole rings is 1. The summed E-state index contributed by atoms with van der Waals surface area (Å²) in [4.78, 5) is 22.2. The van der Waals surface area contributed by atoms with Crippen LogP contribution in [0, 0.1) is 12.7 Å². The van der Waals surface area contributed by atoms with Gasteiger partial charge in [-0.2, -0.15) is 0 Å². The van der Waals surface area contributed by atoms with Gasteiger partial charge in [0.25, 0.3) is 0 Å². The molecule has 0 fully saturated rings. The molecule has 2 rings (SSSR count). The van der Waals surface area contributed by atoms with Gasteiger partial charge in [0.2, 0.25) is 0 Å². The zero-order chi connectivity index (χ0) is 13.3. The van der Waals surface area contributed by atoms with Crippen molar-refractivity contribution < 1.29 is 14.3 Å². The van der Waals surface area contributed by atoms with Crippen molar-refractivity contribution in [3.8, 4) is 0 Å². The number of benzene rings is 1. The molecule has 0 amide bonds. The first-order valence-corrected chi connectivity index (χ1v) is 5.99. The van der Waals surface area contributed by atoms with E-state index in [9.17, 15) is 14.0 Å². The van der Waals surface area contributed by atoms with Crippen molar-refractivity contribution in [2.24, 2.45) is 0 Å². The van der Waals surface area contributed by atoms with E-state index in [0.29, 0.717) is 22.6 Å². The van der Waals surface area contributed by atoms with Crippen LogP contribution >= 0.6 is 11.3 Å². The zero-order valence-electron chi connectivity index (χ0n) is 9.51. The maximum absolute atomic E-state index is 13.5. The summed E-state index contributed by atoms with van der Waals surface area (Å²) in [6.07, 6.45) is 0. The van der Waals surface area contributed by atoms with Crippen LogP contribution in [-0.2, 0) is 6.54 Å². The van der Waals surface area contributed by atoms with Crippen LogP contribution in [0.25, 0.3) is 0 Å². The minimum Gasteiger partial charge on any atom is -0.477 e. The largest absolute Gasteiger partial charge is 0.477 e. The Morgan fingerprint density at radius 2 is 2.11 bits per heavy atom. The van der Waals surface area contributed by atoms with E-state index in [1.54, 1.807) is 25.1 Å². The predicted molar refractivity (Wildman–Crippen MR) is 65.8 cm³/mol. The number of rotatable bonds is 3. The summed E-state index contributed by atoms with van der Waals surface area (Å²) in [5, 5.41) is 8.91. The molecule has 0 radical (unpaired) electrons. The van der Waals surface area contributed by atoms with Gasteiger partial charge in [-0.15, -0.1) is 0 Å². The summed E-state index contributed by atoms with van der Waals surface area (Å²) in [5.41, 5.74) is 0.707. The Morgan fingerprint density at radius 1 is 1.44 bits per heavy atom. The Morgan fingerprint density at radius 3 is 2.67 bits per heavy atom. The topological polar surface area (TPSA) is 59.3 Å². The van der Waals surface area contributed by atoms with Crippen molar-refractivity contribution in [3.05, 3.63) is 55.9 Å². The molecule has 6 heteroatoms. The van der Waals surface area contributed by atoms with Gasteiger partial charge in [0.1, 0.15) is 10.7 Å². The normalized spacial score (nSPS) is 10.6. The molecule has 0 aliphatic carbocycles. The number of carbonyl (C=O) groups is 1. The first-order valence-electron chi connectivity index (χ1n) is 5.17. The standard InChI is InChI=1S/C12H10FNO3S/c1-7-10(11(15)16)18-12(17)14(7)6-8-4-2-3-5-9(8)13/h2-5H,6H2,1H3,(H,15,16). The average Bonchev–Trinajstić information content (AvgIpc) is 2.60. The second-order valence-corrected chi connectivity index (χ2v) is 4.73. The minimum atomic E-state index is -1.14. The first kappa shape index (κ1) is 12.5. The van der Waals surface area contributed by atoms with Crippen LogP contribution in [0.3, 0.4) is 0 Å². The van der Waals surface area contributed by atoms with Gasteiger partial charge < -0.3 is 5.11 Å². The molecule has 0 spiro atoms. The van der Waals surface area contributed by atoms with Crippen molar-refractivity contribution in [1.82, 2.24) is 4.57 Å². The highest BCUT2D eigenvalue weighted by Crippen LogP contribution is 2.14. The Kier molecular flexibility index (Phi) is 3.29. The van der Waals surface area contributed by atoms with Crippen LogP contribution in [0.1, 0.15) is 20.9 Å². The minimum absolute atomic E-state index is 0.00339. The van der Waals surface area contributed by atoms with Crippen molar-refractivity contribution >= 4 is 17.3 Å². The van der Waals surface area contributed by atoms with Crippen molar-refractivity contribution in [2.75, 3.05) is 0 Å². The van der Waals surface area contributed by atoms with Crippen molar-refractivity contribution in [1.29, 1.82) is 0 Å². The molecule has 0 bridgehead atoms. The summed E-state index contributed by atoms with van der Waals surface area (Å²) >= 11 is 0.660. The fourth-order valence-electron chi connectivity index (χ4n) is 1.65. The molecule has 18 heavy (non-hydrogen) atoms. The fraction of sp³-hybridized carbons (Fsp3) is 0.167. The zero-order valence-corrected chi connectivity index (χ0v) is 10.3. The summed E-state index contributed by atoms with van der Waals surface area (Å²) in [5.74, 6) is -1.55. The number of aromatic nitrogens is 1. The van der Waals surface area contributed by atoms with E-state index in [0.717, 1.165) is 0 Å². The van der Waals surface area contributed by atoms with Gasteiger partial charge in [0.15, 0.2) is 0 Å². The SMILES string of the molecule is Cc1c(C(=O)O)sc(=O)n1Cc1ccccc1F. The summed E-state index contributed by atoms with van der Waals surface area (Å²) in [6, 6.07) is 6.10. The van der Waals surface area contributed by atoms with Gasteiger partial charge in [-0.1, -0.05) is 29.5 Å². The second kappa shape index (κ2) is 4.73. The summed E-state index contributed by atoms with van der Waals surface area (Å²) < 4.78 is 14.7. The van der Waals surface area contributed by atoms with E-state index in [1.165, 1.54) is 10.6 Å². The van der Waals surface area contributed by atoms with Gasteiger partial charge in [0.05, 0.1) is 6.54 Å². The van der Waals surface area contributed by atoms with Crippen LogP contribution in [0.4, 0.5) is 4.39 Å². The second-order valence-electron chi connectivity index (χ2n) is 3.77. The molecule has 94 valence electrons. The number of hydrogen-bond acceptors (Lipinski definition) is 3. The molecule has 1 aromatic heterocycles. The number of halogens is 1. The van der Waals surface area contributed by atoms with E-state index < -0.39 is 16.7 Å². The maximum Gasteiger partial charge on any atom is 0.347 e. The third-order valence-electron chi connectivity index (χ3n) is 2.62. The molecule has 2 aromatic rings. The molecular formula is C12H10FNO3S. The molecule has 0 unspecified atom stereocenters. The van der Waals surface area contributed by atoms with E-state index >= 15 is 0 Å². The van der Waals surface area contributed by atoms with Crippen molar-refractivity contribution in [3.63, 3.8) is 0 Å². The van der Waals surface area contributed by atoms with Crippen LogP contribution in [-0.4, -0.2) is 15.6 Å². The quantitative estimate of drug-likeness (QED) is 0.926. The highest BCUT2D eigenvalue weighted by Gasteiger charge is 2.17. The van der Waals surface area contributed by atoms with Crippen LogP contribution in [0.5, 0.6) is 0 Å². The van der Waals surface area contributed by atoms with Crippen molar-refractivity contribution in [2.45, 2.75) is 13.5 Å². The van der Waals surface area contributed by atoms with Crippen LogP contribution in [0.15, 0.2) is 29.1 Å². The number of nitrogens with zero attached hydrogens (tertiary/aromatic N) is 1. The first-order chi connectivity index (χ1) is 8.50. The van der Waals surface area contributed by atoms with Gasteiger partial charge in [-0.25, -0.2) is 9.18 Å². The highest BCUT2D eigenvalue weighted by molar-refractivity contribution is 7.11. The van der Waals surface area contributed by atoms with E-state index in [2.05, 4.69) is 0 Å². The lowest BCUT2D eigenvalue weighted by Crippen LogP contribution is -2.16. The summed E-state index contributed by atoms with van der Waals surface area (Å²) in [7, 11) is 0. The number of aromatic carboxylic acids is 1. The summed E-state index contributed by atoms with van der Waals surface area (Å²) in [6.45, 7) is 1.59. The predicted octanol–water partition coefficient (Wildman–Crippen LogP) is 2.10. The lowest BCUT2D eigenvalue weighted by Gasteiger charge is -2.05. The van der Waals surface area contributed by atoms with Crippen LogP contribution in [0.2, 0.25) is 0 Å².